The summed E-state index contributed by atoms with van der Waals surface area (Å²) in [6.07, 6.45) is 2.39. The van der Waals surface area contributed by atoms with Crippen molar-refractivity contribution in [2.45, 2.75) is 31.3 Å². The Hall–Kier alpha value is -1.92. The van der Waals surface area contributed by atoms with E-state index in [-0.39, 0.29) is 18.0 Å². The number of nitrogen functional groups attached to an aromatic ring is 1. The van der Waals surface area contributed by atoms with Gasteiger partial charge in [0.1, 0.15) is 0 Å². The van der Waals surface area contributed by atoms with Crippen LogP contribution in [0.3, 0.4) is 0 Å². The summed E-state index contributed by atoms with van der Waals surface area (Å²) >= 11 is 0. The lowest BCUT2D eigenvalue weighted by Gasteiger charge is -2.32. The molecule has 0 saturated carbocycles. The lowest BCUT2D eigenvalue weighted by Crippen LogP contribution is -2.40. The normalized spacial score (nSPS) is 20.9. The van der Waals surface area contributed by atoms with E-state index in [1.165, 1.54) is 0 Å². The molecule has 1 aromatic heterocycles. The minimum absolute atomic E-state index is 0.122. The number of benzene rings is 1. The lowest BCUT2D eigenvalue weighted by molar-refractivity contribution is 0.0922. The van der Waals surface area contributed by atoms with Crippen LogP contribution in [0, 0.1) is 0 Å². The second-order valence-corrected chi connectivity index (χ2v) is 5.92. The Morgan fingerprint density at radius 1 is 1.32 bits per heavy atom. The van der Waals surface area contributed by atoms with Gasteiger partial charge in [0.2, 0.25) is 5.89 Å². The number of rotatable bonds is 5. The van der Waals surface area contributed by atoms with Gasteiger partial charge in [-0.15, -0.1) is 5.10 Å². The van der Waals surface area contributed by atoms with Gasteiger partial charge in [-0.1, -0.05) is 35.4 Å². The third-order valence-electron chi connectivity index (χ3n) is 4.09. The first-order valence-electron chi connectivity index (χ1n) is 7.74. The quantitative estimate of drug-likeness (QED) is 0.868. The Bertz CT molecular complexity index is 587. The van der Waals surface area contributed by atoms with Crippen LogP contribution in [0.5, 0.6) is 0 Å². The van der Waals surface area contributed by atoms with Crippen LogP contribution in [-0.2, 0) is 6.42 Å². The fourth-order valence-electron chi connectivity index (χ4n) is 3.08. The Balaban J connectivity index is 1.54. The van der Waals surface area contributed by atoms with Crippen molar-refractivity contribution < 1.29 is 9.52 Å². The van der Waals surface area contributed by atoms with E-state index in [9.17, 15) is 5.11 Å². The highest BCUT2D eigenvalue weighted by Gasteiger charge is 2.26. The number of likely N-dealkylation sites (tertiary alicyclic amines) is 1. The van der Waals surface area contributed by atoms with Crippen molar-refractivity contribution in [1.82, 2.24) is 15.1 Å². The Labute approximate surface area is 129 Å². The molecule has 1 aliphatic heterocycles. The molecular weight excluding hydrogens is 280 g/mol. The van der Waals surface area contributed by atoms with Crippen molar-refractivity contribution >= 4 is 6.01 Å². The Kier molecular flexibility index (Phi) is 4.70. The second-order valence-electron chi connectivity index (χ2n) is 5.92. The topological polar surface area (TPSA) is 88.4 Å². The average molecular weight is 302 g/mol. The fourth-order valence-corrected chi connectivity index (χ4v) is 3.08. The minimum atomic E-state index is -0.367. The van der Waals surface area contributed by atoms with Gasteiger partial charge in [-0.2, -0.15) is 0 Å². The van der Waals surface area contributed by atoms with Gasteiger partial charge < -0.3 is 15.3 Å². The van der Waals surface area contributed by atoms with E-state index in [0.29, 0.717) is 18.9 Å². The smallest absolute Gasteiger partial charge is 0.312 e. The zero-order valence-electron chi connectivity index (χ0n) is 12.6. The van der Waals surface area contributed by atoms with Crippen molar-refractivity contribution in [3.63, 3.8) is 0 Å². The molecular formula is C16H22N4O2. The molecule has 6 heteroatoms. The van der Waals surface area contributed by atoms with Crippen LogP contribution in [0.15, 0.2) is 34.7 Å². The Morgan fingerprint density at radius 3 is 2.86 bits per heavy atom. The number of hydrogen-bond acceptors (Lipinski definition) is 6. The van der Waals surface area contributed by atoms with Crippen LogP contribution in [0.25, 0.3) is 0 Å². The van der Waals surface area contributed by atoms with Gasteiger partial charge in [0.05, 0.1) is 12.0 Å². The molecule has 22 heavy (non-hydrogen) atoms. The monoisotopic (exact) mass is 302 g/mol. The van der Waals surface area contributed by atoms with Crippen molar-refractivity contribution in [3.8, 4) is 0 Å². The molecule has 2 aromatic rings. The van der Waals surface area contributed by atoms with Gasteiger partial charge in [0, 0.05) is 13.1 Å². The summed E-state index contributed by atoms with van der Waals surface area (Å²) in [6.45, 7) is 2.48. The lowest BCUT2D eigenvalue weighted by atomic mass is 9.97. The van der Waals surface area contributed by atoms with E-state index in [2.05, 4.69) is 15.1 Å². The molecule has 2 atom stereocenters. The molecule has 0 bridgehead atoms. The number of aromatic nitrogens is 2. The molecule has 1 fully saturated rings. The predicted octanol–water partition coefficient (Wildman–Crippen LogP) is 1.43. The van der Waals surface area contributed by atoms with Crippen LogP contribution in [0.4, 0.5) is 6.01 Å². The number of hydrogen-bond donors (Lipinski definition) is 2. The van der Waals surface area contributed by atoms with E-state index in [4.69, 9.17) is 10.2 Å². The number of nitrogens with two attached hydrogens (primary N) is 1. The first-order valence-corrected chi connectivity index (χ1v) is 7.74. The summed E-state index contributed by atoms with van der Waals surface area (Å²) in [7, 11) is 0. The zero-order valence-corrected chi connectivity index (χ0v) is 12.6. The van der Waals surface area contributed by atoms with E-state index in [0.717, 1.165) is 31.5 Å². The highest BCUT2D eigenvalue weighted by atomic mass is 16.4. The zero-order chi connectivity index (χ0) is 15.4. The van der Waals surface area contributed by atoms with Crippen molar-refractivity contribution in [1.29, 1.82) is 0 Å². The SMILES string of the molecule is Nc1nnc(C2CCCN(C[C@H](O)Cc3ccccc3)C2)o1. The molecule has 2 heterocycles. The predicted molar refractivity (Wildman–Crippen MR) is 83.3 cm³/mol. The molecule has 0 aliphatic carbocycles. The number of nitrogens with zero attached hydrogens (tertiary/aromatic N) is 3. The van der Waals surface area contributed by atoms with Gasteiger partial charge in [-0.3, -0.25) is 4.90 Å². The molecule has 0 spiro atoms. The molecule has 6 nitrogen and oxygen atoms in total. The van der Waals surface area contributed by atoms with Crippen LogP contribution in [-0.4, -0.2) is 45.9 Å². The van der Waals surface area contributed by atoms with Gasteiger partial charge >= 0.3 is 6.01 Å². The standard InChI is InChI=1S/C16H22N4O2/c17-16-19-18-15(22-16)13-7-4-8-20(10-13)11-14(21)9-12-5-2-1-3-6-12/h1-3,5-6,13-14,21H,4,7-11H2,(H2,17,19)/t13?,14-/m1/s1. The summed E-state index contributed by atoms with van der Waals surface area (Å²) in [4.78, 5) is 2.27. The molecule has 1 saturated heterocycles. The number of aliphatic hydroxyl groups is 1. The fraction of sp³-hybridized carbons (Fsp3) is 0.500. The summed E-state index contributed by atoms with van der Waals surface area (Å²) in [5.74, 6) is 0.822. The molecule has 1 aromatic carbocycles. The molecule has 0 radical (unpaired) electrons. The van der Waals surface area contributed by atoms with Crippen LogP contribution in [0.2, 0.25) is 0 Å². The van der Waals surface area contributed by atoms with Crippen molar-refractivity contribution in [2.75, 3.05) is 25.4 Å². The largest absolute Gasteiger partial charge is 0.408 e. The third-order valence-corrected chi connectivity index (χ3v) is 4.09. The molecule has 3 N–H and O–H groups in total. The second kappa shape index (κ2) is 6.89. The highest BCUT2D eigenvalue weighted by molar-refractivity contribution is 5.15. The molecule has 118 valence electrons. The summed E-state index contributed by atoms with van der Waals surface area (Å²) < 4.78 is 5.34. The van der Waals surface area contributed by atoms with Crippen molar-refractivity contribution in [2.24, 2.45) is 0 Å². The highest BCUT2D eigenvalue weighted by Crippen LogP contribution is 2.26. The van der Waals surface area contributed by atoms with Gasteiger partial charge in [0.15, 0.2) is 0 Å². The Morgan fingerprint density at radius 2 is 2.14 bits per heavy atom. The van der Waals surface area contributed by atoms with Gasteiger partial charge in [0.25, 0.3) is 0 Å². The first kappa shape index (κ1) is 15.0. The van der Waals surface area contributed by atoms with Crippen LogP contribution in [0.1, 0.15) is 30.2 Å². The third kappa shape index (κ3) is 3.84. The van der Waals surface area contributed by atoms with E-state index in [1.807, 2.05) is 30.3 Å². The van der Waals surface area contributed by atoms with E-state index in [1.54, 1.807) is 0 Å². The van der Waals surface area contributed by atoms with Gasteiger partial charge in [-0.05, 0) is 31.4 Å². The molecule has 1 aliphatic rings. The average Bonchev–Trinajstić information content (AvgIpc) is 2.95. The van der Waals surface area contributed by atoms with E-state index >= 15 is 0 Å². The number of anilines is 1. The molecule has 0 amide bonds. The van der Waals surface area contributed by atoms with E-state index < -0.39 is 0 Å². The maximum Gasteiger partial charge on any atom is 0.312 e. The minimum Gasteiger partial charge on any atom is -0.408 e. The number of aliphatic hydroxyl groups excluding tert-OH is 1. The van der Waals surface area contributed by atoms with Crippen molar-refractivity contribution in [3.05, 3.63) is 41.8 Å². The maximum absolute atomic E-state index is 10.3. The van der Waals surface area contributed by atoms with Crippen LogP contribution < -0.4 is 5.73 Å². The number of piperidine rings is 1. The summed E-state index contributed by atoms with van der Waals surface area (Å²) in [6, 6.07) is 10.2. The summed E-state index contributed by atoms with van der Waals surface area (Å²) in [5, 5.41) is 18.0. The molecule has 3 rings (SSSR count). The first-order chi connectivity index (χ1) is 10.7. The number of β-amino-alcohol motifs (C(OH)–C–C–N with tert-alkyl or cyclic N) is 1. The van der Waals surface area contributed by atoms with Gasteiger partial charge in [-0.25, -0.2) is 0 Å². The van der Waals surface area contributed by atoms with Crippen LogP contribution >= 0.6 is 0 Å². The summed E-state index contributed by atoms with van der Waals surface area (Å²) in [5.41, 5.74) is 6.65. The maximum atomic E-state index is 10.3. The molecule has 1 unspecified atom stereocenters.